The highest BCUT2D eigenvalue weighted by Crippen LogP contribution is 2.14. The maximum absolute atomic E-state index is 5.54. The van der Waals surface area contributed by atoms with Crippen molar-refractivity contribution in [2.75, 3.05) is 11.9 Å². The van der Waals surface area contributed by atoms with Gasteiger partial charge in [-0.25, -0.2) is 4.98 Å². The molecule has 0 unspecified atom stereocenters. The second-order valence-corrected chi connectivity index (χ2v) is 5.15. The van der Waals surface area contributed by atoms with Gasteiger partial charge in [-0.15, -0.1) is 0 Å². The first-order valence-electron chi connectivity index (χ1n) is 4.88. The molecule has 0 aliphatic rings. The molecule has 0 aliphatic heterocycles. The fraction of sp³-hybridized carbons (Fsp3) is 0.455. The van der Waals surface area contributed by atoms with Crippen molar-refractivity contribution in [1.82, 2.24) is 4.98 Å². The molecule has 0 amide bonds. The summed E-state index contributed by atoms with van der Waals surface area (Å²) in [4.78, 5) is 4.60. The first-order chi connectivity index (χ1) is 6.88. The number of nitrogens with one attached hydrogen (secondary N) is 1. The number of hydrogen-bond acceptors (Lipinski definition) is 3. The third-order valence-corrected chi connectivity index (χ3v) is 2.08. The van der Waals surface area contributed by atoms with Gasteiger partial charge in [0.05, 0.1) is 0 Å². The summed E-state index contributed by atoms with van der Waals surface area (Å²) in [5, 5.41) is 3.25. The quantitative estimate of drug-likeness (QED) is 0.771. The lowest BCUT2D eigenvalue weighted by Crippen LogP contribution is -2.20. The molecule has 0 atom stereocenters. The SMILES string of the molecule is CC(C)(C)CNc1cc(C(N)=S)ccn1. The van der Waals surface area contributed by atoms with E-state index in [1.165, 1.54) is 0 Å². The molecule has 1 aromatic rings. The maximum Gasteiger partial charge on any atom is 0.126 e. The van der Waals surface area contributed by atoms with Crippen LogP contribution in [0.15, 0.2) is 18.3 Å². The minimum absolute atomic E-state index is 0.223. The largest absolute Gasteiger partial charge is 0.389 e. The second-order valence-electron chi connectivity index (χ2n) is 4.71. The molecule has 0 saturated heterocycles. The highest BCUT2D eigenvalue weighted by Gasteiger charge is 2.09. The molecule has 0 radical (unpaired) electrons. The van der Waals surface area contributed by atoms with Crippen LogP contribution in [0.3, 0.4) is 0 Å². The van der Waals surface area contributed by atoms with Crippen LogP contribution in [-0.4, -0.2) is 16.5 Å². The van der Waals surface area contributed by atoms with Crippen LogP contribution < -0.4 is 11.1 Å². The topological polar surface area (TPSA) is 50.9 Å². The zero-order valence-corrected chi connectivity index (χ0v) is 10.2. The van der Waals surface area contributed by atoms with E-state index < -0.39 is 0 Å². The molecular formula is C11H17N3S. The molecule has 3 nitrogen and oxygen atoms in total. The summed E-state index contributed by atoms with van der Waals surface area (Å²) in [6.45, 7) is 7.35. The van der Waals surface area contributed by atoms with E-state index in [4.69, 9.17) is 18.0 Å². The average Bonchev–Trinajstić information content (AvgIpc) is 2.14. The van der Waals surface area contributed by atoms with Crippen LogP contribution in [0.5, 0.6) is 0 Å². The van der Waals surface area contributed by atoms with Gasteiger partial charge in [0.2, 0.25) is 0 Å². The molecule has 3 N–H and O–H groups in total. The van der Waals surface area contributed by atoms with Crippen LogP contribution in [0.2, 0.25) is 0 Å². The summed E-state index contributed by atoms with van der Waals surface area (Å²) in [5.74, 6) is 0.815. The molecule has 0 aliphatic carbocycles. The van der Waals surface area contributed by atoms with Crippen molar-refractivity contribution in [3.63, 3.8) is 0 Å². The lowest BCUT2D eigenvalue weighted by molar-refractivity contribution is 0.442. The van der Waals surface area contributed by atoms with E-state index in [1.54, 1.807) is 6.20 Å². The van der Waals surface area contributed by atoms with Gasteiger partial charge < -0.3 is 11.1 Å². The Morgan fingerprint density at radius 1 is 1.53 bits per heavy atom. The van der Waals surface area contributed by atoms with E-state index in [0.29, 0.717) is 4.99 Å². The summed E-state index contributed by atoms with van der Waals surface area (Å²) in [6.07, 6.45) is 1.71. The van der Waals surface area contributed by atoms with Crippen LogP contribution in [0.1, 0.15) is 26.3 Å². The van der Waals surface area contributed by atoms with Gasteiger partial charge in [-0.3, -0.25) is 0 Å². The minimum atomic E-state index is 0.223. The molecule has 1 rings (SSSR count). The van der Waals surface area contributed by atoms with Crippen molar-refractivity contribution < 1.29 is 0 Å². The summed E-state index contributed by atoms with van der Waals surface area (Å²) < 4.78 is 0. The van der Waals surface area contributed by atoms with Gasteiger partial charge in [-0.1, -0.05) is 33.0 Å². The van der Waals surface area contributed by atoms with Crippen LogP contribution in [0.25, 0.3) is 0 Å². The number of rotatable bonds is 3. The number of aromatic nitrogens is 1. The average molecular weight is 223 g/mol. The lowest BCUT2D eigenvalue weighted by Gasteiger charge is -2.19. The van der Waals surface area contributed by atoms with Gasteiger partial charge in [0, 0.05) is 18.3 Å². The van der Waals surface area contributed by atoms with Crippen LogP contribution in [0.4, 0.5) is 5.82 Å². The van der Waals surface area contributed by atoms with Crippen molar-refractivity contribution in [3.8, 4) is 0 Å². The van der Waals surface area contributed by atoms with E-state index in [2.05, 4.69) is 31.1 Å². The Morgan fingerprint density at radius 2 is 2.20 bits per heavy atom. The molecule has 4 heteroatoms. The molecule has 0 bridgehead atoms. The zero-order valence-electron chi connectivity index (χ0n) is 9.37. The molecule has 0 aromatic carbocycles. The van der Waals surface area contributed by atoms with Gasteiger partial charge in [0.1, 0.15) is 10.8 Å². The Labute approximate surface area is 96.1 Å². The molecule has 1 aromatic heterocycles. The van der Waals surface area contributed by atoms with Crippen LogP contribution in [-0.2, 0) is 0 Å². The molecule has 15 heavy (non-hydrogen) atoms. The zero-order chi connectivity index (χ0) is 11.5. The van der Waals surface area contributed by atoms with Gasteiger partial charge >= 0.3 is 0 Å². The smallest absolute Gasteiger partial charge is 0.126 e. The number of hydrogen-bond donors (Lipinski definition) is 2. The minimum Gasteiger partial charge on any atom is -0.389 e. The Bertz CT molecular complexity index is 355. The van der Waals surface area contributed by atoms with E-state index in [0.717, 1.165) is 17.9 Å². The standard InChI is InChI=1S/C11H17N3S/c1-11(2,3)7-14-9-6-8(10(12)15)4-5-13-9/h4-6H,7H2,1-3H3,(H2,12,15)(H,13,14). The Morgan fingerprint density at radius 3 is 2.73 bits per heavy atom. The van der Waals surface area contributed by atoms with Crippen molar-refractivity contribution in [3.05, 3.63) is 23.9 Å². The molecule has 1 heterocycles. The number of nitrogens with two attached hydrogens (primary N) is 1. The summed E-state index contributed by atoms with van der Waals surface area (Å²) in [7, 11) is 0. The Balaban J connectivity index is 2.70. The fourth-order valence-electron chi connectivity index (χ4n) is 1.04. The molecule has 82 valence electrons. The summed E-state index contributed by atoms with van der Waals surface area (Å²) in [6, 6.07) is 3.68. The second kappa shape index (κ2) is 4.57. The summed E-state index contributed by atoms with van der Waals surface area (Å²) in [5.41, 5.74) is 6.61. The van der Waals surface area contributed by atoms with E-state index in [-0.39, 0.29) is 5.41 Å². The van der Waals surface area contributed by atoms with E-state index in [1.807, 2.05) is 12.1 Å². The number of nitrogens with zero attached hydrogens (tertiary/aromatic N) is 1. The van der Waals surface area contributed by atoms with Crippen molar-refractivity contribution in [1.29, 1.82) is 0 Å². The Kier molecular flexibility index (Phi) is 3.63. The Hall–Kier alpha value is -1.16. The first-order valence-corrected chi connectivity index (χ1v) is 5.29. The van der Waals surface area contributed by atoms with Crippen molar-refractivity contribution in [2.45, 2.75) is 20.8 Å². The molecule has 0 saturated carbocycles. The van der Waals surface area contributed by atoms with Crippen LogP contribution >= 0.6 is 12.2 Å². The van der Waals surface area contributed by atoms with Crippen molar-refractivity contribution in [2.24, 2.45) is 11.1 Å². The number of thiocarbonyl (C=S) groups is 1. The molecule has 0 spiro atoms. The van der Waals surface area contributed by atoms with Crippen LogP contribution in [0, 0.1) is 5.41 Å². The lowest BCUT2D eigenvalue weighted by atomic mass is 9.97. The van der Waals surface area contributed by atoms with Gasteiger partial charge in [0.15, 0.2) is 0 Å². The normalized spacial score (nSPS) is 11.1. The molecule has 0 fully saturated rings. The maximum atomic E-state index is 5.54. The number of pyridine rings is 1. The highest BCUT2D eigenvalue weighted by molar-refractivity contribution is 7.80. The third kappa shape index (κ3) is 4.25. The first kappa shape index (κ1) is 11.9. The van der Waals surface area contributed by atoms with E-state index in [9.17, 15) is 0 Å². The summed E-state index contributed by atoms with van der Waals surface area (Å²) >= 11 is 4.90. The van der Waals surface area contributed by atoms with Crippen molar-refractivity contribution >= 4 is 23.0 Å². The number of anilines is 1. The van der Waals surface area contributed by atoms with Gasteiger partial charge in [-0.05, 0) is 17.5 Å². The van der Waals surface area contributed by atoms with E-state index >= 15 is 0 Å². The monoisotopic (exact) mass is 223 g/mol. The predicted molar refractivity (Wildman–Crippen MR) is 68.1 cm³/mol. The predicted octanol–water partition coefficient (Wildman–Crippen LogP) is 2.17. The fourth-order valence-corrected chi connectivity index (χ4v) is 1.16. The third-order valence-electron chi connectivity index (χ3n) is 1.84. The van der Waals surface area contributed by atoms with Gasteiger partial charge in [0.25, 0.3) is 0 Å². The highest BCUT2D eigenvalue weighted by atomic mass is 32.1. The van der Waals surface area contributed by atoms with Gasteiger partial charge in [-0.2, -0.15) is 0 Å². The molecular weight excluding hydrogens is 206 g/mol.